The van der Waals surface area contributed by atoms with Gasteiger partial charge in [0.15, 0.2) is 0 Å². The van der Waals surface area contributed by atoms with Gasteiger partial charge < -0.3 is 19.8 Å². The number of phenols is 1. The molecule has 5 heteroatoms. The Morgan fingerprint density at radius 2 is 2.00 bits per heavy atom. The third-order valence-electron chi connectivity index (χ3n) is 2.48. The molecule has 1 aromatic rings. The standard InChI is InChI=1S/C13H19NO4/c1-3-18-13(17)8-12(16)9-14(2)10-4-6-11(15)7-5-10/h4-7,12,15-16H,3,8-9H2,1-2H3. The van der Waals surface area contributed by atoms with Crippen LogP contribution in [-0.2, 0) is 9.53 Å². The van der Waals surface area contributed by atoms with Gasteiger partial charge in [-0.15, -0.1) is 0 Å². The summed E-state index contributed by atoms with van der Waals surface area (Å²) < 4.78 is 4.77. The van der Waals surface area contributed by atoms with Gasteiger partial charge in [-0.2, -0.15) is 0 Å². The molecule has 0 spiro atoms. The number of benzene rings is 1. The van der Waals surface area contributed by atoms with Crippen molar-refractivity contribution in [3.63, 3.8) is 0 Å². The van der Waals surface area contributed by atoms with Crippen molar-refractivity contribution < 1.29 is 19.7 Å². The van der Waals surface area contributed by atoms with E-state index in [0.29, 0.717) is 13.2 Å². The maximum Gasteiger partial charge on any atom is 0.308 e. The van der Waals surface area contributed by atoms with E-state index in [1.807, 2.05) is 4.90 Å². The second kappa shape index (κ2) is 6.86. The van der Waals surface area contributed by atoms with E-state index >= 15 is 0 Å². The molecule has 0 heterocycles. The molecule has 0 aliphatic carbocycles. The highest BCUT2D eigenvalue weighted by Gasteiger charge is 2.14. The molecule has 0 radical (unpaired) electrons. The fourth-order valence-electron chi connectivity index (χ4n) is 1.61. The van der Waals surface area contributed by atoms with Crippen molar-refractivity contribution in [2.24, 2.45) is 0 Å². The van der Waals surface area contributed by atoms with E-state index in [9.17, 15) is 9.90 Å². The van der Waals surface area contributed by atoms with E-state index < -0.39 is 12.1 Å². The van der Waals surface area contributed by atoms with Crippen LogP contribution in [0.4, 0.5) is 5.69 Å². The Balaban J connectivity index is 2.46. The summed E-state index contributed by atoms with van der Waals surface area (Å²) in [6.07, 6.45) is -0.793. The molecule has 0 bridgehead atoms. The van der Waals surface area contributed by atoms with Crippen molar-refractivity contribution in [2.45, 2.75) is 19.4 Å². The van der Waals surface area contributed by atoms with Gasteiger partial charge in [-0.3, -0.25) is 4.79 Å². The number of likely N-dealkylation sites (N-methyl/N-ethyl adjacent to an activating group) is 1. The van der Waals surface area contributed by atoms with Crippen LogP contribution in [0.1, 0.15) is 13.3 Å². The summed E-state index contributed by atoms with van der Waals surface area (Å²) in [4.78, 5) is 13.0. The van der Waals surface area contributed by atoms with Crippen LogP contribution in [0.5, 0.6) is 5.75 Å². The van der Waals surface area contributed by atoms with Crippen LogP contribution in [0.25, 0.3) is 0 Å². The fraction of sp³-hybridized carbons (Fsp3) is 0.462. The molecule has 2 N–H and O–H groups in total. The second-order valence-electron chi connectivity index (χ2n) is 4.06. The van der Waals surface area contributed by atoms with Crippen LogP contribution in [0, 0.1) is 0 Å². The smallest absolute Gasteiger partial charge is 0.308 e. The Kier molecular flexibility index (Phi) is 5.45. The molecule has 1 unspecified atom stereocenters. The summed E-state index contributed by atoms with van der Waals surface area (Å²) in [5.41, 5.74) is 0.857. The van der Waals surface area contributed by atoms with E-state index in [0.717, 1.165) is 5.69 Å². The van der Waals surface area contributed by atoms with Crippen molar-refractivity contribution >= 4 is 11.7 Å². The van der Waals surface area contributed by atoms with Crippen LogP contribution in [0.3, 0.4) is 0 Å². The molecule has 18 heavy (non-hydrogen) atoms. The monoisotopic (exact) mass is 253 g/mol. The lowest BCUT2D eigenvalue weighted by Gasteiger charge is -2.22. The first-order chi connectivity index (χ1) is 8.52. The highest BCUT2D eigenvalue weighted by atomic mass is 16.5. The van der Waals surface area contributed by atoms with Gasteiger partial charge in [0.1, 0.15) is 5.75 Å². The molecule has 0 saturated carbocycles. The van der Waals surface area contributed by atoms with Gasteiger partial charge in [0, 0.05) is 19.3 Å². The van der Waals surface area contributed by atoms with E-state index in [1.54, 1.807) is 38.2 Å². The predicted molar refractivity (Wildman–Crippen MR) is 68.6 cm³/mol. The molecular weight excluding hydrogens is 234 g/mol. The van der Waals surface area contributed by atoms with Crippen LogP contribution in [0.2, 0.25) is 0 Å². The number of hydrogen-bond donors (Lipinski definition) is 2. The predicted octanol–water partition coefficient (Wildman–Crippen LogP) is 1.14. The molecule has 1 rings (SSSR count). The van der Waals surface area contributed by atoms with Crippen LogP contribution >= 0.6 is 0 Å². The van der Waals surface area contributed by atoms with Gasteiger partial charge in [0.05, 0.1) is 19.1 Å². The molecule has 100 valence electrons. The zero-order valence-corrected chi connectivity index (χ0v) is 10.7. The normalized spacial score (nSPS) is 11.9. The highest BCUT2D eigenvalue weighted by Crippen LogP contribution is 2.17. The minimum atomic E-state index is -0.775. The number of esters is 1. The number of phenolic OH excluding ortho intramolecular Hbond substituents is 1. The van der Waals surface area contributed by atoms with E-state index in [2.05, 4.69) is 0 Å². The summed E-state index contributed by atoms with van der Waals surface area (Å²) in [5.74, 6) is -0.205. The van der Waals surface area contributed by atoms with Crippen LogP contribution in [-0.4, -0.2) is 42.5 Å². The number of anilines is 1. The van der Waals surface area contributed by atoms with Gasteiger partial charge in [-0.25, -0.2) is 0 Å². The summed E-state index contributed by atoms with van der Waals surface area (Å²) in [7, 11) is 1.81. The number of ether oxygens (including phenoxy) is 1. The first-order valence-corrected chi connectivity index (χ1v) is 5.86. The SMILES string of the molecule is CCOC(=O)CC(O)CN(C)c1ccc(O)cc1. The number of carbonyl (C=O) groups is 1. The largest absolute Gasteiger partial charge is 0.508 e. The highest BCUT2D eigenvalue weighted by molar-refractivity contribution is 5.70. The van der Waals surface area contributed by atoms with Crippen LogP contribution in [0.15, 0.2) is 24.3 Å². The Hall–Kier alpha value is -1.75. The molecule has 0 aromatic heterocycles. The van der Waals surface area contributed by atoms with Crippen molar-refractivity contribution in [3.8, 4) is 5.75 Å². The Morgan fingerprint density at radius 1 is 1.39 bits per heavy atom. The molecule has 0 aliphatic heterocycles. The molecule has 1 aromatic carbocycles. The fourth-order valence-corrected chi connectivity index (χ4v) is 1.61. The Bertz CT molecular complexity index is 377. The molecule has 0 amide bonds. The molecule has 0 fully saturated rings. The quantitative estimate of drug-likeness (QED) is 0.744. The summed E-state index contributed by atoms with van der Waals surface area (Å²) in [6.45, 7) is 2.37. The van der Waals surface area contributed by atoms with E-state index in [4.69, 9.17) is 9.84 Å². The topological polar surface area (TPSA) is 70.0 Å². The van der Waals surface area contributed by atoms with Crippen LogP contribution < -0.4 is 4.90 Å². The molecule has 0 saturated heterocycles. The lowest BCUT2D eigenvalue weighted by atomic mass is 10.2. The van der Waals surface area contributed by atoms with Crippen molar-refractivity contribution in [2.75, 3.05) is 25.1 Å². The van der Waals surface area contributed by atoms with E-state index in [1.165, 1.54) is 0 Å². The molecule has 5 nitrogen and oxygen atoms in total. The molecule has 0 aliphatic rings. The lowest BCUT2D eigenvalue weighted by molar-refractivity contribution is -0.145. The van der Waals surface area contributed by atoms with Crippen molar-refractivity contribution in [1.29, 1.82) is 0 Å². The third kappa shape index (κ3) is 4.63. The van der Waals surface area contributed by atoms with Crippen molar-refractivity contribution in [3.05, 3.63) is 24.3 Å². The number of aliphatic hydroxyl groups is 1. The third-order valence-corrected chi connectivity index (χ3v) is 2.48. The first kappa shape index (κ1) is 14.3. The van der Waals surface area contributed by atoms with Gasteiger partial charge in [-0.1, -0.05) is 0 Å². The Labute approximate surface area is 107 Å². The summed E-state index contributed by atoms with van der Waals surface area (Å²) >= 11 is 0. The van der Waals surface area contributed by atoms with Gasteiger partial charge in [0.2, 0.25) is 0 Å². The minimum Gasteiger partial charge on any atom is -0.508 e. The van der Waals surface area contributed by atoms with Gasteiger partial charge in [-0.05, 0) is 31.2 Å². The summed E-state index contributed by atoms with van der Waals surface area (Å²) in [6, 6.07) is 6.63. The number of aromatic hydroxyl groups is 1. The first-order valence-electron chi connectivity index (χ1n) is 5.86. The van der Waals surface area contributed by atoms with E-state index in [-0.39, 0.29) is 12.2 Å². The average Bonchev–Trinajstić information content (AvgIpc) is 2.29. The van der Waals surface area contributed by atoms with Crippen molar-refractivity contribution in [1.82, 2.24) is 0 Å². The maximum absolute atomic E-state index is 11.2. The summed E-state index contributed by atoms with van der Waals surface area (Å²) in [5, 5.41) is 18.9. The number of aliphatic hydroxyl groups excluding tert-OH is 1. The average molecular weight is 253 g/mol. The molecular formula is C13H19NO4. The second-order valence-corrected chi connectivity index (χ2v) is 4.06. The van der Waals surface area contributed by atoms with Gasteiger partial charge >= 0.3 is 5.97 Å². The number of nitrogens with zero attached hydrogens (tertiary/aromatic N) is 1. The Morgan fingerprint density at radius 3 is 2.56 bits per heavy atom. The zero-order valence-electron chi connectivity index (χ0n) is 10.7. The number of rotatable bonds is 6. The zero-order chi connectivity index (χ0) is 13.5. The minimum absolute atomic E-state index is 0.0176. The molecule has 1 atom stereocenters. The number of carbonyl (C=O) groups excluding carboxylic acids is 1. The number of hydrogen-bond acceptors (Lipinski definition) is 5. The lowest BCUT2D eigenvalue weighted by Crippen LogP contribution is -2.31. The van der Waals surface area contributed by atoms with Gasteiger partial charge in [0.25, 0.3) is 0 Å². The maximum atomic E-state index is 11.2.